The van der Waals surface area contributed by atoms with Crippen molar-refractivity contribution in [2.24, 2.45) is 0 Å². The highest BCUT2D eigenvalue weighted by atomic mass is 32.2. The van der Waals surface area contributed by atoms with Crippen molar-refractivity contribution in [3.8, 4) is 5.82 Å². The molecule has 2 aromatic heterocycles. The fraction of sp³-hybridized carbons (Fsp3) is 0.200. The van der Waals surface area contributed by atoms with Gasteiger partial charge in [0, 0.05) is 24.7 Å². The molecule has 28 heavy (non-hydrogen) atoms. The number of sulfonamides is 1. The number of nitrogens with one attached hydrogen (secondary N) is 1. The second kappa shape index (κ2) is 7.66. The zero-order valence-electron chi connectivity index (χ0n) is 14.6. The van der Waals surface area contributed by atoms with Gasteiger partial charge in [0.1, 0.15) is 12.7 Å². The number of aryl methyl sites for hydroxylation is 1. The molecule has 2 heterocycles. The van der Waals surface area contributed by atoms with Gasteiger partial charge in [0.15, 0.2) is 5.82 Å². The van der Waals surface area contributed by atoms with E-state index in [9.17, 15) is 23.3 Å². The maximum Gasteiger partial charge on any atom is 0.270 e. The summed E-state index contributed by atoms with van der Waals surface area (Å²) in [5, 5.41) is 18.9. The topological polar surface area (TPSA) is 155 Å². The Morgan fingerprint density at radius 1 is 1.25 bits per heavy atom. The molecule has 3 aromatic rings. The largest absolute Gasteiger partial charge is 0.270 e. The number of nitrogens with zero attached hydrogens (tertiary/aromatic N) is 6. The molecule has 0 aliphatic rings. The molecule has 13 heteroatoms. The standard InChI is InChI=1S/C15H15N7O5S/c1-11-2-3-12(22(24)25)8-13(11)28(26,27)18-6-7-20-15(23)5-4-14(19-20)21-10-16-9-17-21/h2-5,8-10,18H,6-7H2,1H3. The van der Waals surface area contributed by atoms with Gasteiger partial charge in [0.2, 0.25) is 10.0 Å². The predicted molar refractivity (Wildman–Crippen MR) is 96.4 cm³/mol. The second-order valence-corrected chi connectivity index (χ2v) is 7.43. The highest BCUT2D eigenvalue weighted by Crippen LogP contribution is 2.21. The SMILES string of the molecule is Cc1ccc([N+](=O)[O-])cc1S(=O)(=O)NCCn1nc(-n2cncn2)ccc1=O. The lowest BCUT2D eigenvalue weighted by molar-refractivity contribution is -0.385. The number of hydrogen-bond acceptors (Lipinski definition) is 8. The van der Waals surface area contributed by atoms with Gasteiger partial charge < -0.3 is 0 Å². The Bertz CT molecular complexity index is 1170. The molecule has 0 saturated heterocycles. The van der Waals surface area contributed by atoms with Crippen LogP contribution in [0.4, 0.5) is 5.69 Å². The monoisotopic (exact) mass is 405 g/mol. The van der Waals surface area contributed by atoms with E-state index in [2.05, 4.69) is 19.9 Å². The minimum atomic E-state index is -4.01. The first-order chi connectivity index (χ1) is 13.3. The van der Waals surface area contributed by atoms with Crippen molar-refractivity contribution in [2.75, 3.05) is 6.54 Å². The van der Waals surface area contributed by atoms with Crippen molar-refractivity contribution in [3.05, 3.63) is 69.0 Å². The zero-order valence-corrected chi connectivity index (χ0v) is 15.4. The van der Waals surface area contributed by atoms with Crippen LogP contribution in [0.2, 0.25) is 0 Å². The smallest absolute Gasteiger partial charge is 0.268 e. The van der Waals surface area contributed by atoms with Crippen LogP contribution in [0.15, 0.2) is 52.7 Å². The minimum absolute atomic E-state index is 0.0470. The normalized spacial score (nSPS) is 11.5. The third kappa shape index (κ3) is 4.10. The molecule has 0 saturated carbocycles. The van der Waals surface area contributed by atoms with E-state index in [0.29, 0.717) is 11.4 Å². The molecule has 0 aliphatic carbocycles. The van der Waals surface area contributed by atoms with Gasteiger partial charge in [-0.1, -0.05) is 6.07 Å². The lowest BCUT2D eigenvalue weighted by Crippen LogP contribution is -2.32. The third-order valence-corrected chi connectivity index (χ3v) is 5.40. The number of aromatic nitrogens is 5. The van der Waals surface area contributed by atoms with Crippen LogP contribution < -0.4 is 10.3 Å². The highest BCUT2D eigenvalue weighted by molar-refractivity contribution is 7.89. The highest BCUT2D eigenvalue weighted by Gasteiger charge is 2.20. The summed E-state index contributed by atoms with van der Waals surface area (Å²) in [7, 11) is -4.01. The first-order valence-electron chi connectivity index (χ1n) is 7.96. The minimum Gasteiger partial charge on any atom is -0.268 e. The average Bonchev–Trinajstić information content (AvgIpc) is 3.18. The summed E-state index contributed by atoms with van der Waals surface area (Å²) >= 11 is 0. The molecular formula is C15H15N7O5S. The maximum atomic E-state index is 12.5. The zero-order chi connectivity index (χ0) is 20.3. The van der Waals surface area contributed by atoms with Crippen molar-refractivity contribution in [1.29, 1.82) is 0 Å². The summed E-state index contributed by atoms with van der Waals surface area (Å²) in [6, 6.07) is 6.33. The van der Waals surface area contributed by atoms with Crippen LogP contribution in [0.3, 0.4) is 0 Å². The number of non-ortho nitro benzene ring substituents is 1. The Balaban J connectivity index is 1.76. The maximum absolute atomic E-state index is 12.5. The number of hydrogen-bond donors (Lipinski definition) is 1. The van der Waals surface area contributed by atoms with Crippen molar-refractivity contribution >= 4 is 15.7 Å². The molecule has 0 radical (unpaired) electrons. The molecule has 0 aliphatic heterocycles. The van der Waals surface area contributed by atoms with Crippen molar-refractivity contribution in [2.45, 2.75) is 18.4 Å². The summed E-state index contributed by atoms with van der Waals surface area (Å²) < 4.78 is 29.7. The van der Waals surface area contributed by atoms with E-state index in [1.807, 2.05) is 0 Å². The van der Waals surface area contributed by atoms with Crippen LogP contribution >= 0.6 is 0 Å². The van der Waals surface area contributed by atoms with Gasteiger partial charge in [0.05, 0.1) is 16.4 Å². The molecule has 3 rings (SSSR count). The Morgan fingerprint density at radius 2 is 2.04 bits per heavy atom. The Hall–Kier alpha value is -3.45. The van der Waals surface area contributed by atoms with Crippen LogP contribution in [0.25, 0.3) is 5.82 Å². The van der Waals surface area contributed by atoms with E-state index < -0.39 is 20.5 Å². The summed E-state index contributed by atoms with van der Waals surface area (Å²) in [5.41, 5.74) is -0.388. The number of rotatable bonds is 7. The number of benzene rings is 1. The average molecular weight is 405 g/mol. The molecular weight excluding hydrogens is 390 g/mol. The van der Waals surface area contributed by atoms with E-state index in [0.717, 1.165) is 10.7 Å². The lowest BCUT2D eigenvalue weighted by atomic mass is 10.2. The summed E-state index contributed by atoms with van der Waals surface area (Å²) in [5.74, 6) is 0.342. The lowest BCUT2D eigenvalue weighted by Gasteiger charge is -2.10. The van der Waals surface area contributed by atoms with Crippen molar-refractivity contribution in [1.82, 2.24) is 29.3 Å². The van der Waals surface area contributed by atoms with Crippen LogP contribution in [-0.2, 0) is 16.6 Å². The second-order valence-electron chi connectivity index (χ2n) is 5.70. The van der Waals surface area contributed by atoms with E-state index in [1.54, 1.807) is 0 Å². The summed E-state index contributed by atoms with van der Waals surface area (Å²) in [4.78, 5) is 25.8. The molecule has 0 spiro atoms. The van der Waals surface area contributed by atoms with Gasteiger partial charge in [-0.3, -0.25) is 14.9 Å². The van der Waals surface area contributed by atoms with Gasteiger partial charge >= 0.3 is 0 Å². The van der Waals surface area contributed by atoms with Crippen LogP contribution in [-0.4, -0.2) is 44.4 Å². The molecule has 0 fully saturated rings. The van der Waals surface area contributed by atoms with Crippen LogP contribution in [0.1, 0.15) is 5.56 Å². The first kappa shape index (κ1) is 19.3. The number of nitro benzene ring substituents is 1. The van der Waals surface area contributed by atoms with Crippen LogP contribution in [0.5, 0.6) is 0 Å². The number of nitro groups is 1. The predicted octanol–water partition coefficient (Wildman–Crippen LogP) is 0.0191. The van der Waals surface area contributed by atoms with Crippen LogP contribution in [0, 0.1) is 17.0 Å². The summed E-state index contributed by atoms with van der Waals surface area (Å²) in [6.45, 7) is 1.35. The molecule has 1 N–H and O–H groups in total. The fourth-order valence-corrected chi connectivity index (χ4v) is 3.69. The molecule has 1 aromatic carbocycles. The quantitative estimate of drug-likeness (QED) is 0.426. The van der Waals surface area contributed by atoms with Gasteiger partial charge in [-0.15, -0.1) is 5.10 Å². The Morgan fingerprint density at radius 3 is 2.71 bits per heavy atom. The van der Waals surface area contributed by atoms with Gasteiger partial charge in [-0.25, -0.2) is 27.5 Å². The van der Waals surface area contributed by atoms with Gasteiger partial charge in [-0.05, 0) is 18.6 Å². The van der Waals surface area contributed by atoms with Crippen molar-refractivity contribution < 1.29 is 13.3 Å². The first-order valence-corrected chi connectivity index (χ1v) is 9.44. The Kier molecular flexibility index (Phi) is 5.28. The molecule has 0 unspecified atom stereocenters. The molecule has 0 amide bonds. The van der Waals surface area contributed by atoms with Gasteiger partial charge in [0.25, 0.3) is 11.2 Å². The molecule has 0 bridgehead atoms. The Labute approximate surface area is 158 Å². The summed E-state index contributed by atoms with van der Waals surface area (Å²) in [6.07, 6.45) is 2.72. The van der Waals surface area contributed by atoms with Crippen molar-refractivity contribution in [3.63, 3.8) is 0 Å². The van der Waals surface area contributed by atoms with E-state index >= 15 is 0 Å². The van der Waals surface area contributed by atoms with E-state index in [4.69, 9.17) is 0 Å². The molecule has 146 valence electrons. The molecule has 0 atom stereocenters. The fourth-order valence-electron chi connectivity index (χ4n) is 2.40. The van der Waals surface area contributed by atoms with E-state index in [1.165, 1.54) is 48.5 Å². The van der Waals surface area contributed by atoms with E-state index in [-0.39, 0.29) is 23.7 Å². The third-order valence-electron chi connectivity index (χ3n) is 3.79. The van der Waals surface area contributed by atoms with Gasteiger partial charge in [-0.2, -0.15) is 5.10 Å². The molecule has 12 nitrogen and oxygen atoms in total.